The highest BCUT2D eigenvalue weighted by atomic mass is 16.6. The minimum atomic E-state index is -0.166. The number of nitriles is 1. The summed E-state index contributed by atoms with van der Waals surface area (Å²) >= 11 is 0. The van der Waals surface area contributed by atoms with Gasteiger partial charge in [-0.2, -0.15) is 5.26 Å². The Morgan fingerprint density at radius 1 is 1.53 bits per heavy atom. The summed E-state index contributed by atoms with van der Waals surface area (Å²) in [5.41, 5.74) is -0.166. The molecule has 3 rings (SSSR count). The second-order valence-corrected chi connectivity index (χ2v) is 5.63. The van der Waals surface area contributed by atoms with E-state index in [4.69, 9.17) is 14.7 Å². The molecule has 3 heteroatoms. The lowest BCUT2D eigenvalue weighted by atomic mass is 9.82. The van der Waals surface area contributed by atoms with E-state index in [1.807, 2.05) is 6.92 Å². The Morgan fingerprint density at radius 3 is 3.24 bits per heavy atom. The van der Waals surface area contributed by atoms with Crippen LogP contribution in [-0.4, -0.2) is 23.9 Å². The van der Waals surface area contributed by atoms with Crippen LogP contribution in [0.25, 0.3) is 0 Å². The average molecular weight is 233 g/mol. The molecule has 2 aliphatic heterocycles. The van der Waals surface area contributed by atoms with Crippen LogP contribution in [0.2, 0.25) is 0 Å². The van der Waals surface area contributed by atoms with Crippen LogP contribution in [0.15, 0.2) is 12.2 Å². The summed E-state index contributed by atoms with van der Waals surface area (Å²) in [7, 11) is 0. The Labute approximate surface area is 102 Å². The van der Waals surface area contributed by atoms with Gasteiger partial charge >= 0.3 is 0 Å². The van der Waals surface area contributed by atoms with Gasteiger partial charge in [-0.25, -0.2) is 0 Å². The summed E-state index contributed by atoms with van der Waals surface area (Å²) in [5.74, 6) is 0.0821. The third-order valence-corrected chi connectivity index (χ3v) is 4.22. The lowest BCUT2D eigenvalue weighted by Gasteiger charge is -2.41. The number of rotatable bonds is 2. The summed E-state index contributed by atoms with van der Waals surface area (Å²) in [6.45, 7) is 1.97. The zero-order valence-electron chi connectivity index (χ0n) is 10.3. The first-order chi connectivity index (χ1) is 8.22. The van der Waals surface area contributed by atoms with Gasteiger partial charge in [-0.15, -0.1) is 0 Å². The highest BCUT2D eigenvalue weighted by Gasteiger charge is 2.52. The molecule has 2 fully saturated rings. The van der Waals surface area contributed by atoms with E-state index >= 15 is 0 Å². The predicted octanol–water partition coefficient (Wildman–Crippen LogP) is 2.57. The molecule has 2 bridgehead atoms. The first-order valence-corrected chi connectivity index (χ1v) is 6.62. The van der Waals surface area contributed by atoms with Gasteiger partial charge in [-0.3, -0.25) is 0 Å². The Bertz CT molecular complexity index is 373. The minimum absolute atomic E-state index is 0.0821. The van der Waals surface area contributed by atoms with Crippen LogP contribution in [0.1, 0.15) is 39.0 Å². The number of hydrogen-bond donors (Lipinski definition) is 0. The quantitative estimate of drug-likeness (QED) is 0.688. The van der Waals surface area contributed by atoms with Crippen molar-refractivity contribution in [1.82, 2.24) is 0 Å². The molecular weight excluding hydrogens is 214 g/mol. The Kier molecular flexibility index (Phi) is 2.72. The van der Waals surface area contributed by atoms with Crippen LogP contribution < -0.4 is 0 Å². The number of hydrogen-bond acceptors (Lipinski definition) is 3. The van der Waals surface area contributed by atoms with Crippen molar-refractivity contribution < 1.29 is 9.47 Å². The highest BCUT2D eigenvalue weighted by molar-refractivity contribution is 5.18. The van der Waals surface area contributed by atoms with E-state index in [0.717, 1.165) is 32.1 Å². The number of ether oxygens (including phenoxy) is 2. The van der Waals surface area contributed by atoms with Gasteiger partial charge in [-0.05, 0) is 32.6 Å². The van der Waals surface area contributed by atoms with E-state index in [1.165, 1.54) is 0 Å². The van der Waals surface area contributed by atoms with Gasteiger partial charge in [0.25, 0.3) is 0 Å². The molecule has 2 saturated heterocycles. The zero-order chi connectivity index (χ0) is 11.9. The Balaban J connectivity index is 1.72. The summed E-state index contributed by atoms with van der Waals surface area (Å²) in [4.78, 5) is 0. The van der Waals surface area contributed by atoms with Gasteiger partial charge in [-0.1, -0.05) is 12.2 Å². The second-order valence-electron chi connectivity index (χ2n) is 5.63. The number of nitrogens with zero attached hydrogens (tertiary/aromatic N) is 1. The Morgan fingerprint density at radius 2 is 2.41 bits per heavy atom. The maximum atomic E-state index is 8.88. The molecule has 17 heavy (non-hydrogen) atoms. The van der Waals surface area contributed by atoms with Crippen molar-refractivity contribution >= 4 is 0 Å². The monoisotopic (exact) mass is 233 g/mol. The van der Waals surface area contributed by atoms with Crippen molar-refractivity contribution in [2.45, 2.75) is 62.9 Å². The van der Waals surface area contributed by atoms with Crippen molar-refractivity contribution in [2.75, 3.05) is 0 Å². The van der Waals surface area contributed by atoms with E-state index in [1.54, 1.807) is 0 Å². The van der Waals surface area contributed by atoms with Crippen LogP contribution >= 0.6 is 0 Å². The Hall–Kier alpha value is -0.850. The summed E-state index contributed by atoms with van der Waals surface area (Å²) in [6, 6.07) is 2.30. The lowest BCUT2D eigenvalue weighted by Crippen LogP contribution is -2.47. The van der Waals surface area contributed by atoms with Crippen LogP contribution in [0, 0.1) is 17.2 Å². The molecule has 0 aromatic carbocycles. The van der Waals surface area contributed by atoms with Crippen LogP contribution in [0.5, 0.6) is 0 Å². The molecule has 0 radical (unpaired) electrons. The molecule has 0 N–H and O–H groups in total. The third kappa shape index (κ3) is 1.90. The van der Waals surface area contributed by atoms with Gasteiger partial charge in [0, 0.05) is 12.3 Å². The van der Waals surface area contributed by atoms with Gasteiger partial charge in [0.1, 0.15) is 5.60 Å². The average Bonchev–Trinajstić information content (AvgIpc) is 2.58. The van der Waals surface area contributed by atoms with E-state index in [2.05, 4.69) is 18.2 Å². The van der Waals surface area contributed by atoms with Gasteiger partial charge in [0.05, 0.1) is 24.4 Å². The predicted molar refractivity (Wildman–Crippen MR) is 63.3 cm³/mol. The zero-order valence-corrected chi connectivity index (χ0v) is 10.3. The molecule has 1 aliphatic carbocycles. The van der Waals surface area contributed by atoms with Crippen molar-refractivity contribution in [3.63, 3.8) is 0 Å². The molecule has 1 spiro atoms. The molecule has 92 valence electrons. The highest BCUT2D eigenvalue weighted by Crippen LogP contribution is 2.46. The molecular formula is C14H19NO2. The smallest absolute Gasteiger partial charge is 0.115 e. The first-order valence-electron chi connectivity index (χ1n) is 6.62. The van der Waals surface area contributed by atoms with Crippen molar-refractivity contribution in [3.05, 3.63) is 12.2 Å². The molecule has 0 saturated carbocycles. The van der Waals surface area contributed by atoms with Crippen molar-refractivity contribution in [1.29, 1.82) is 5.26 Å². The fourth-order valence-electron chi connectivity index (χ4n) is 3.41. The summed E-state index contributed by atoms with van der Waals surface area (Å²) < 4.78 is 12.3. The van der Waals surface area contributed by atoms with Crippen molar-refractivity contribution in [3.8, 4) is 6.07 Å². The maximum Gasteiger partial charge on any atom is 0.115 e. The first kappa shape index (κ1) is 11.3. The van der Waals surface area contributed by atoms with Gasteiger partial charge < -0.3 is 9.47 Å². The molecule has 0 aromatic rings. The summed E-state index contributed by atoms with van der Waals surface area (Å²) in [6.07, 6.45) is 10.2. The van der Waals surface area contributed by atoms with Crippen LogP contribution in [0.3, 0.4) is 0 Å². The fourth-order valence-corrected chi connectivity index (χ4v) is 3.41. The summed E-state index contributed by atoms with van der Waals surface area (Å²) in [5, 5.41) is 8.88. The molecule has 0 amide bonds. The largest absolute Gasteiger partial charge is 0.371 e. The van der Waals surface area contributed by atoms with Crippen LogP contribution in [0.4, 0.5) is 0 Å². The molecule has 3 aliphatic rings. The normalized spacial score (nSPS) is 45.1. The standard InChI is InChI=1S/C14H19NO2/c1-10(9-15)7-11-4-5-13-14(17-11)6-2-3-12(8-14)16-13/h2,6,10-13H,3-5,7-8H2,1H3/t10-,11-,12+,13+,14?/m1/s1. The van der Waals surface area contributed by atoms with E-state index < -0.39 is 0 Å². The minimum Gasteiger partial charge on any atom is -0.371 e. The lowest BCUT2D eigenvalue weighted by molar-refractivity contribution is -0.142. The number of fused-ring (bicyclic) bond motifs is 1. The SMILES string of the molecule is C[C@@H](C#N)C[C@H]1CC[C@@H]2O[C@H]3CC=CC2(C3)O1. The second kappa shape index (κ2) is 4.12. The van der Waals surface area contributed by atoms with Gasteiger partial charge in [0.15, 0.2) is 0 Å². The molecule has 1 unspecified atom stereocenters. The fraction of sp³-hybridized carbons (Fsp3) is 0.786. The van der Waals surface area contributed by atoms with Gasteiger partial charge in [0.2, 0.25) is 0 Å². The van der Waals surface area contributed by atoms with Crippen molar-refractivity contribution in [2.24, 2.45) is 5.92 Å². The molecule has 5 atom stereocenters. The topological polar surface area (TPSA) is 42.2 Å². The van der Waals surface area contributed by atoms with E-state index in [9.17, 15) is 0 Å². The third-order valence-electron chi connectivity index (χ3n) is 4.22. The molecule has 0 aromatic heterocycles. The van der Waals surface area contributed by atoms with Crippen LogP contribution in [-0.2, 0) is 9.47 Å². The van der Waals surface area contributed by atoms with E-state index in [-0.39, 0.29) is 23.7 Å². The van der Waals surface area contributed by atoms with E-state index in [0.29, 0.717) is 6.10 Å². The molecule has 3 nitrogen and oxygen atoms in total. The molecule has 2 heterocycles. The maximum absolute atomic E-state index is 8.88.